The molecule has 1 atom stereocenters. The molecule has 6 rings (SSSR count). The highest BCUT2D eigenvalue weighted by atomic mass is 79.9. The summed E-state index contributed by atoms with van der Waals surface area (Å²) in [5.41, 5.74) is 10.3. The van der Waals surface area contributed by atoms with Crippen LogP contribution in [0.25, 0.3) is 0 Å². The van der Waals surface area contributed by atoms with Gasteiger partial charge in [-0.1, -0.05) is 31.9 Å². The minimum Gasteiger partial charge on any atom is -0.345 e. The molecule has 0 saturated carbocycles. The Morgan fingerprint density at radius 3 is 2.53 bits per heavy atom. The Hall–Kier alpha value is -1.65. The standard InChI is InChI=1S/C26H25Br2N2/c27-21-3-7-25-18(13-21)9-11-29(25)23-5-1-17-2-6-24(16-20(17)15-23)30-12-10-19-14-22(28)4-8-26(19)30/h3-4,7-8,13-17H,1-2,5-6,9-12H2/q+1. The van der Waals surface area contributed by atoms with Crippen LogP contribution in [0, 0.1) is 5.92 Å². The summed E-state index contributed by atoms with van der Waals surface area (Å²) < 4.78 is 4.94. The average molecular weight is 525 g/mol. The molecule has 152 valence electrons. The van der Waals surface area contributed by atoms with E-state index in [0.717, 1.165) is 31.8 Å². The van der Waals surface area contributed by atoms with Crippen molar-refractivity contribution in [1.82, 2.24) is 0 Å². The molecule has 30 heavy (non-hydrogen) atoms. The predicted octanol–water partition coefficient (Wildman–Crippen LogP) is 6.93. The molecule has 4 heteroatoms. The number of benzene rings is 2. The van der Waals surface area contributed by atoms with Crippen molar-refractivity contribution in [2.75, 3.05) is 18.0 Å². The van der Waals surface area contributed by atoms with Crippen molar-refractivity contribution in [1.29, 1.82) is 0 Å². The maximum absolute atomic E-state index is 3.63. The van der Waals surface area contributed by atoms with Gasteiger partial charge in [0.15, 0.2) is 12.3 Å². The fourth-order valence-electron chi connectivity index (χ4n) is 5.69. The largest absolute Gasteiger partial charge is 0.345 e. The first-order valence-corrected chi connectivity index (χ1v) is 12.6. The van der Waals surface area contributed by atoms with E-state index in [1.54, 1.807) is 5.57 Å². The first-order chi connectivity index (χ1) is 14.7. The molecular weight excluding hydrogens is 500 g/mol. The highest BCUT2D eigenvalue weighted by Crippen LogP contribution is 2.41. The lowest BCUT2D eigenvalue weighted by Gasteiger charge is -2.32. The quantitative estimate of drug-likeness (QED) is 0.366. The second-order valence-corrected chi connectivity index (χ2v) is 10.7. The summed E-state index contributed by atoms with van der Waals surface area (Å²) in [6.45, 7) is 2.22. The molecule has 0 fully saturated rings. The molecule has 0 bridgehead atoms. The summed E-state index contributed by atoms with van der Waals surface area (Å²) in [6, 6.07) is 13.5. The Morgan fingerprint density at radius 2 is 1.63 bits per heavy atom. The van der Waals surface area contributed by atoms with E-state index in [2.05, 4.69) is 89.9 Å². The Morgan fingerprint density at radius 1 is 0.833 bits per heavy atom. The molecule has 0 amide bonds. The van der Waals surface area contributed by atoms with E-state index < -0.39 is 0 Å². The van der Waals surface area contributed by atoms with Crippen molar-refractivity contribution < 1.29 is 4.58 Å². The number of fused-ring (bicyclic) bond motifs is 3. The number of nitrogens with zero attached hydrogens (tertiary/aromatic N) is 2. The Bertz CT molecular complexity index is 1140. The van der Waals surface area contributed by atoms with E-state index in [-0.39, 0.29) is 0 Å². The van der Waals surface area contributed by atoms with Gasteiger partial charge in [-0.2, -0.15) is 4.58 Å². The van der Waals surface area contributed by atoms with Gasteiger partial charge in [0, 0.05) is 57.4 Å². The van der Waals surface area contributed by atoms with E-state index in [4.69, 9.17) is 0 Å². The van der Waals surface area contributed by atoms with Gasteiger partial charge in [0.2, 0.25) is 5.69 Å². The number of halogens is 2. The lowest BCUT2D eigenvalue weighted by atomic mass is 9.79. The predicted molar refractivity (Wildman–Crippen MR) is 131 cm³/mol. The molecule has 2 nitrogen and oxygen atoms in total. The van der Waals surface area contributed by atoms with Crippen molar-refractivity contribution in [2.24, 2.45) is 5.92 Å². The van der Waals surface area contributed by atoms with Crippen molar-refractivity contribution in [3.05, 3.63) is 79.9 Å². The third-order valence-corrected chi connectivity index (χ3v) is 8.19. The third-order valence-electron chi connectivity index (χ3n) is 7.20. The summed E-state index contributed by atoms with van der Waals surface area (Å²) in [7, 11) is 0. The smallest absolute Gasteiger partial charge is 0.208 e. The van der Waals surface area contributed by atoms with Crippen LogP contribution < -0.4 is 4.90 Å². The Labute approximate surface area is 195 Å². The summed E-state index contributed by atoms with van der Waals surface area (Å²) in [6.07, 6.45) is 12.3. The molecule has 0 N–H and O–H groups in total. The van der Waals surface area contributed by atoms with Gasteiger partial charge in [-0.25, -0.2) is 0 Å². The molecule has 1 unspecified atom stereocenters. The molecule has 0 aromatic heterocycles. The number of hydrogen-bond donors (Lipinski definition) is 0. The second kappa shape index (κ2) is 7.49. The van der Waals surface area contributed by atoms with Gasteiger partial charge in [-0.15, -0.1) is 0 Å². The molecule has 2 aromatic rings. The minimum absolute atomic E-state index is 0.733. The SMILES string of the molecule is Brc1ccc2c(c1)CCN2C1=CC2=CC(=[N+]3CCc4cc(Br)ccc43)CCC2CC1. The van der Waals surface area contributed by atoms with Gasteiger partial charge in [-0.05, 0) is 79.1 Å². The second-order valence-electron chi connectivity index (χ2n) is 8.89. The van der Waals surface area contributed by atoms with Gasteiger partial charge in [-0.3, -0.25) is 0 Å². The molecule has 2 aromatic carbocycles. The zero-order chi connectivity index (χ0) is 20.2. The van der Waals surface area contributed by atoms with Crippen molar-refractivity contribution in [3.63, 3.8) is 0 Å². The summed E-state index contributed by atoms with van der Waals surface area (Å²) >= 11 is 7.26. The third kappa shape index (κ3) is 3.23. The minimum atomic E-state index is 0.733. The maximum atomic E-state index is 3.63. The number of allylic oxidation sites excluding steroid dienone is 4. The van der Waals surface area contributed by atoms with Gasteiger partial charge < -0.3 is 4.90 Å². The Kier molecular flexibility index (Phi) is 4.76. The van der Waals surface area contributed by atoms with Crippen LogP contribution in [0.2, 0.25) is 0 Å². The molecular formula is C26H25Br2N2+. The number of anilines is 1. The van der Waals surface area contributed by atoms with Gasteiger partial charge in [0.1, 0.15) is 0 Å². The molecule has 0 radical (unpaired) electrons. The fourth-order valence-corrected chi connectivity index (χ4v) is 6.51. The zero-order valence-electron chi connectivity index (χ0n) is 17.0. The molecule has 2 heterocycles. The van der Waals surface area contributed by atoms with Crippen molar-refractivity contribution >= 4 is 48.9 Å². The van der Waals surface area contributed by atoms with Crippen LogP contribution >= 0.6 is 31.9 Å². The van der Waals surface area contributed by atoms with E-state index >= 15 is 0 Å². The van der Waals surface area contributed by atoms with Crippen LogP contribution in [0.1, 0.15) is 36.8 Å². The highest BCUT2D eigenvalue weighted by molar-refractivity contribution is 9.10. The van der Waals surface area contributed by atoms with Crippen LogP contribution in [-0.2, 0) is 12.8 Å². The van der Waals surface area contributed by atoms with Gasteiger partial charge in [0.25, 0.3) is 0 Å². The van der Waals surface area contributed by atoms with E-state index in [1.165, 1.54) is 68.5 Å². The van der Waals surface area contributed by atoms with Crippen LogP contribution in [0.15, 0.2) is 68.8 Å². The topological polar surface area (TPSA) is 6.25 Å². The van der Waals surface area contributed by atoms with Crippen LogP contribution in [-0.4, -0.2) is 23.4 Å². The maximum Gasteiger partial charge on any atom is 0.208 e. The van der Waals surface area contributed by atoms with Gasteiger partial charge in [0.05, 0.1) is 0 Å². The van der Waals surface area contributed by atoms with Crippen molar-refractivity contribution in [3.8, 4) is 0 Å². The molecule has 0 saturated heterocycles. The molecule has 2 aliphatic carbocycles. The summed E-state index contributed by atoms with van der Waals surface area (Å²) in [4.78, 5) is 2.57. The average Bonchev–Trinajstić information content (AvgIpc) is 3.36. The molecule has 4 aliphatic rings. The van der Waals surface area contributed by atoms with Crippen LogP contribution in [0.5, 0.6) is 0 Å². The Balaban J connectivity index is 1.36. The highest BCUT2D eigenvalue weighted by Gasteiger charge is 2.33. The van der Waals surface area contributed by atoms with Crippen LogP contribution in [0.3, 0.4) is 0 Å². The summed E-state index contributed by atoms with van der Waals surface area (Å²) in [5, 5.41) is 0. The van der Waals surface area contributed by atoms with E-state index in [9.17, 15) is 0 Å². The van der Waals surface area contributed by atoms with E-state index in [1.807, 2.05) is 0 Å². The lowest BCUT2D eigenvalue weighted by Crippen LogP contribution is -2.27. The first kappa shape index (κ1) is 19.1. The number of hydrogen-bond acceptors (Lipinski definition) is 1. The van der Waals surface area contributed by atoms with Gasteiger partial charge >= 0.3 is 0 Å². The lowest BCUT2D eigenvalue weighted by molar-refractivity contribution is -0.429. The normalized spacial score (nSPS) is 24.9. The van der Waals surface area contributed by atoms with E-state index in [0.29, 0.717) is 0 Å². The summed E-state index contributed by atoms with van der Waals surface area (Å²) in [5.74, 6) is 0.733. The number of rotatable bonds is 1. The van der Waals surface area contributed by atoms with Crippen molar-refractivity contribution in [2.45, 2.75) is 38.5 Å². The monoisotopic (exact) mass is 523 g/mol. The zero-order valence-corrected chi connectivity index (χ0v) is 20.2. The fraction of sp³-hybridized carbons (Fsp3) is 0.346. The first-order valence-electron chi connectivity index (χ1n) is 11.1. The van der Waals surface area contributed by atoms with Crippen LogP contribution in [0.4, 0.5) is 11.4 Å². The molecule has 2 aliphatic heterocycles. The molecule has 0 spiro atoms.